The predicted octanol–water partition coefficient (Wildman–Crippen LogP) is 2.89. The summed E-state index contributed by atoms with van der Waals surface area (Å²) in [5.41, 5.74) is -0.352. The summed E-state index contributed by atoms with van der Waals surface area (Å²) < 4.78 is 38.9. The zero-order valence-electron chi connectivity index (χ0n) is 13.7. The molecular weight excluding hydrogens is 335 g/mol. The van der Waals surface area contributed by atoms with Crippen LogP contribution >= 0.6 is 0 Å². The van der Waals surface area contributed by atoms with E-state index in [-0.39, 0.29) is 30.9 Å². The fourth-order valence-corrected chi connectivity index (χ4v) is 3.85. The smallest absolute Gasteiger partial charge is 0.393 e. The van der Waals surface area contributed by atoms with Gasteiger partial charge in [0.1, 0.15) is 0 Å². The molecule has 0 bridgehead atoms. The molecular formula is C18H22F3NO3. The number of halogens is 3. The molecule has 1 aliphatic heterocycles. The SMILES string of the molecule is O=C(C1CCC(O)CC1)N1C[C@@H](O)C[C@H]1c1cccc(C(F)(F)F)c1. The molecule has 2 N–H and O–H groups in total. The number of alkyl halides is 3. The lowest BCUT2D eigenvalue weighted by atomic mass is 9.86. The Labute approximate surface area is 144 Å². The van der Waals surface area contributed by atoms with E-state index in [0.717, 1.165) is 12.1 Å². The van der Waals surface area contributed by atoms with Crippen LogP contribution in [0.4, 0.5) is 13.2 Å². The number of carbonyl (C=O) groups is 1. The maximum Gasteiger partial charge on any atom is 0.416 e. The maximum atomic E-state index is 13.0. The highest BCUT2D eigenvalue weighted by atomic mass is 19.4. The second-order valence-corrected chi connectivity index (χ2v) is 7.02. The second-order valence-electron chi connectivity index (χ2n) is 7.02. The molecule has 0 unspecified atom stereocenters. The van der Waals surface area contributed by atoms with Gasteiger partial charge in [0.25, 0.3) is 0 Å². The van der Waals surface area contributed by atoms with Crippen LogP contribution < -0.4 is 0 Å². The Balaban J connectivity index is 1.81. The molecule has 1 aromatic rings. The molecule has 1 heterocycles. The quantitative estimate of drug-likeness (QED) is 0.856. The maximum absolute atomic E-state index is 13.0. The first kappa shape index (κ1) is 18.2. The van der Waals surface area contributed by atoms with Gasteiger partial charge in [0.15, 0.2) is 0 Å². The monoisotopic (exact) mass is 357 g/mol. The van der Waals surface area contributed by atoms with Gasteiger partial charge in [0.2, 0.25) is 5.91 Å². The summed E-state index contributed by atoms with van der Waals surface area (Å²) in [5, 5.41) is 19.6. The lowest BCUT2D eigenvalue weighted by Crippen LogP contribution is -2.38. The van der Waals surface area contributed by atoms with Crippen LogP contribution in [0.3, 0.4) is 0 Å². The fourth-order valence-electron chi connectivity index (χ4n) is 3.85. The van der Waals surface area contributed by atoms with Gasteiger partial charge >= 0.3 is 6.18 Å². The number of likely N-dealkylation sites (tertiary alicyclic amines) is 1. The molecule has 25 heavy (non-hydrogen) atoms. The van der Waals surface area contributed by atoms with Gasteiger partial charge in [-0.25, -0.2) is 0 Å². The van der Waals surface area contributed by atoms with Crippen LogP contribution in [0, 0.1) is 5.92 Å². The standard InChI is InChI=1S/C18H22F3NO3/c19-18(20,21)13-3-1-2-12(8-13)16-9-15(24)10-22(16)17(25)11-4-6-14(23)7-5-11/h1-3,8,11,14-16,23-24H,4-7,9-10H2/t11?,14?,15-,16-/m0/s1. The van der Waals surface area contributed by atoms with Crippen LogP contribution in [0.15, 0.2) is 24.3 Å². The number of β-amino-alcohol motifs (C(OH)–C–C–N with tert-alkyl or cyclic N) is 1. The Kier molecular flexibility index (Phi) is 5.06. The molecule has 0 aromatic heterocycles. The number of aliphatic hydroxyl groups is 2. The molecule has 2 fully saturated rings. The van der Waals surface area contributed by atoms with E-state index < -0.39 is 23.9 Å². The van der Waals surface area contributed by atoms with Gasteiger partial charge in [-0.15, -0.1) is 0 Å². The molecule has 2 atom stereocenters. The Morgan fingerprint density at radius 3 is 2.40 bits per heavy atom. The molecule has 3 rings (SSSR count). The van der Waals surface area contributed by atoms with Crippen molar-refractivity contribution in [2.24, 2.45) is 5.92 Å². The van der Waals surface area contributed by atoms with Gasteiger partial charge in [0, 0.05) is 12.5 Å². The highest BCUT2D eigenvalue weighted by Crippen LogP contribution is 2.38. The van der Waals surface area contributed by atoms with Crippen LogP contribution in [0.2, 0.25) is 0 Å². The molecule has 1 saturated carbocycles. The Morgan fingerprint density at radius 2 is 1.76 bits per heavy atom. The van der Waals surface area contributed by atoms with E-state index in [0.29, 0.717) is 31.2 Å². The third-order valence-electron chi connectivity index (χ3n) is 5.21. The van der Waals surface area contributed by atoms with E-state index in [1.165, 1.54) is 11.0 Å². The number of benzene rings is 1. The molecule has 0 spiro atoms. The van der Waals surface area contributed by atoms with Crippen molar-refractivity contribution in [3.05, 3.63) is 35.4 Å². The van der Waals surface area contributed by atoms with Crippen molar-refractivity contribution >= 4 is 5.91 Å². The molecule has 1 aromatic carbocycles. The number of amides is 1. The van der Waals surface area contributed by atoms with Crippen molar-refractivity contribution in [2.45, 2.75) is 56.5 Å². The third-order valence-corrected chi connectivity index (χ3v) is 5.21. The largest absolute Gasteiger partial charge is 0.416 e. The Bertz CT molecular complexity index is 626. The van der Waals surface area contributed by atoms with Crippen molar-refractivity contribution in [1.82, 2.24) is 4.90 Å². The average molecular weight is 357 g/mol. The zero-order valence-corrected chi connectivity index (χ0v) is 13.7. The van der Waals surface area contributed by atoms with Gasteiger partial charge in [-0.3, -0.25) is 4.79 Å². The second kappa shape index (κ2) is 6.96. The summed E-state index contributed by atoms with van der Waals surface area (Å²) in [6, 6.07) is 4.43. The molecule has 138 valence electrons. The van der Waals surface area contributed by atoms with Crippen LogP contribution in [-0.4, -0.2) is 39.8 Å². The average Bonchev–Trinajstić information content (AvgIpc) is 2.96. The van der Waals surface area contributed by atoms with Gasteiger partial charge in [-0.2, -0.15) is 13.2 Å². The molecule has 0 radical (unpaired) electrons. The van der Waals surface area contributed by atoms with E-state index >= 15 is 0 Å². The van der Waals surface area contributed by atoms with E-state index in [4.69, 9.17) is 0 Å². The fraction of sp³-hybridized carbons (Fsp3) is 0.611. The summed E-state index contributed by atoms with van der Waals surface area (Å²) in [6.07, 6.45) is -3.07. The van der Waals surface area contributed by atoms with Crippen molar-refractivity contribution in [3.63, 3.8) is 0 Å². The minimum absolute atomic E-state index is 0.133. The molecule has 1 aliphatic carbocycles. The highest BCUT2D eigenvalue weighted by Gasteiger charge is 2.40. The minimum atomic E-state index is -4.44. The first-order chi connectivity index (χ1) is 11.8. The number of rotatable bonds is 2. The highest BCUT2D eigenvalue weighted by molar-refractivity contribution is 5.80. The minimum Gasteiger partial charge on any atom is -0.393 e. The van der Waals surface area contributed by atoms with Crippen LogP contribution in [0.5, 0.6) is 0 Å². The van der Waals surface area contributed by atoms with E-state index in [1.54, 1.807) is 6.07 Å². The third kappa shape index (κ3) is 3.98. The van der Waals surface area contributed by atoms with Crippen LogP contribution in [-0.2, 0) is 11.0 Å². The topological polar surface area (TPSA) is 60.8 Å². The Hall–Kier alpha value is -1.60. The van der Waals surface area contributed by atoms with Crippen molar-refractivity contribution in [1.29, 1.82) is 0 Å². The van der Waals surface area contributed by atoms with Crippen molar-refractivity contribution in [2.75, 3.05) is 6.54 Å². The number of aliphatic hydroxyl groups excluding tert-OH is 2. The molecule has 7 heteroatoms. The molecule has 1 saturated heterocycles. The van der Waals surface area contributed by atoms with Gasteiger partial charge < -0.3 is 15.1 Å². The van der Waals surface area contributed by atoms with Gasteiger partial charge in [-0.05, 0) is 49.8 Å². The molecule has 2 aliphatic rings. The van der Waals surface area contributed by atoms with E-state index in [1.807, 2.05) is 0 Å². The Morgan fingerprint density at radius 1 is 1.08 bits per heavy atom. The van der Waals surface area contributed by atoms with Crippen LogP contribution in [0.1, 0.15) is 49.3 Å². The number of hydrogen-bond donors (Lipinski definition) is 2. The van der Waals surface area contributed by atoms with E-state index in [9.17, 15) is 28.2 Å². The van der Waals surface area contributed by atoms with Gasteiger partial charge in [-0.1, -0.05) is 12.1 Å². The first-order valence-electron chi connectivity index (χ1n) is 8.59. The number of hydrogen-bond acceptors (Lipinski definition) is 3. The van der Waals surface area contributed by atoms with Gasteiger partial charge in [0.05, 0.1) is 23.8 Å². The summed E-state index contributed by atoms with van der Waals surface area (Å²) in [6.45, 7) is 0.138. The lowest BCUT2D eigenvalue weighted by Gasteiger charge is -2.32. The summed E-state index contributed by atoms with van der Waals surface area (Å²) in [4.78, 5) is 14.3. The summed E-state index contributed by atoms with van der Waals surface area (Å²) in [7, 11) is 0. The molecule has 4 nitrogen and oxygen atoms in total. The predicted molar refractivity (Wildman–Crippen MR) is 84.5 cm³/mol. The van der Waals surface area contributed by atoms with E-state index in [2.05, 4.69) is 0 Å². The first-order valence-corrected chi connectivity index (χ1v) is 8.59. The molecule has 1 amide bonds. The lowest BCUT2D eigenvalue weighted by molar-refractivity contribution is -0.138. The number of nitrogens with zero attached hydrogens (tertiary/aromatic N) is 1. The summed E-state index contributed by atoms with van der Waals surface area (Å²) >= 11 is 0. The van der Waals surface area contributed by atoms with Crippen LogP contribution in [0.25, 0.3) is 0 Å². The normalized spacial score (nSPS) is 30.5. The van der Waals surface area contributed by atoms with Crippen molar-refractivity contribution < 1.29 is 28.2 Å². The summed E-state index contributed by atoms with van der Waals surface area (Å²) in [5.74, 6) is -0.368. The van der Waals surface area contributed by atoms with Crippen molar-refractivity contribution in [3.8, 4) is 0 Å². The zero-order chi connectivity index (χ0) is 18.2. The number of carbonyl (C=O) groups excluding carboxylic acids is 1.